The Kier molecular flexibility index (Phi) is 4.40. The minimum atomic E-state index is -0.149. The first-order valence-electron chi connectivity index (χ1n) is 10.2. The number of aromatic nitrogens is 1. The van der Waals surface area contributed by atoms with Gasteiger partial charge >= 0.3 is 0 Å². The highest BCUT2D eigenvalue weighted by Crippen LogP contribution is 2.69. The number of H-pyrrole nitrogens is 1. The van der Waals surface area contributed by atoms with E-state index in [0.717, 1.165) is 35.7 Å². The van der Waals surface area contributed by atoms with Crippen LogP contribution in [0.15, 0.2) is 48.7 Å². The first kappa shape index (κ1) is 19.2. The van der Waals surface area contributed by atoms with Crippen LogP contribution in [0.4, 0.5) is 0 Å². The zero-order valence-corrected chi connectivity index (χ0v) is 17.5. The number of halogens is 1. The van der Waals surface area contributed by atoms with Gasteiger partial charge in [-0.15, -0.1) is 0 Å². The maximum Gasteiger partial charge on any atom is 0.253 e. The van der Waals surface area contributed by atoms with E-state index in [2.05, 4.69) is 10.3 Å². The van der Waals surface area contributed by atoms with Crippen LogP contribution in [-0.2, 0) is 4.79 Å². The van der Waals surface area contributed by atoms with E-state index < -0.39 is 0 Å². The maximum absolute atomic E-state index is 12.8. The van der Waals surface area contributed by atoms with Crippen LogP contribution in [0.2, 0.25) is 5.02 Å². The first-order valence-corrected chi connectivity index (χ1v) is 10.5. The second-order valence-corrected chi connectivity index (χ2v) is 9.34. The fraction of sp³-hybridized carbons (Fsp3) is 0.333. The summed E-state index contributed by atoms with van der Waals surface area (Å²) in [4.78, 5) is 28.3. The van der Waals surface area contributed by atoms with Crippen LogP contribution >= 0.6 is 11.6 Å². The molecule has 6 heteroatoms. The molecule has 6 rings (SSSR count). The molecule has 2 N–H and O–H groups in total. The molecule has 1 amide bonds. The van der Waals surface area contributed by atoms with Gasteiger partial charge in [0.25, 0.3) is 5.91 Å². The summed E-state index contributed by atoms with van der Waals surface area (Å²) in [6.45, 7) is 1.97. The number of hydrogen-bond acceptors (Lipinski definition) is 3. The number of ether oxygens (including phenoxy) is 1. The number of carbonyl (C=O) groups excluding carboxylic acids is 2. The van der Waals surface area contributed by atoms with Gasteiger partial charge in [0.05, 0.1) is 5.56 Å². The summed E-state index contributed by atoms with van der Waals surface area (Å²) in [6, 6.07) is 13.2. The minimum absolute atomic E-state index is 0.0316. The lowest BCUT2D eigenvalue weighted by Crippen LogP contribution is -2.75. The molecule has 30 heavy (non-hydrogen) atoms. The van der Waals surface area contributed by atoms with E-state index in [-0.39, 0.29) is 29.3 Å². The van der Waals surface area contributed by atoms with Crippen LogP contribution in [0.25, 0.3) is 10.9 Å². The van der Waals surface area contributed by atoms with E-state index in [4.69, 9.17) is 16.3 Å². The van der Waals surface area contributed by atoms with E-state index in [1.54, 1.807) is 18.3 Å². The molecule has 3 aromatic rings. The Morgan fingerprint density at radius 1 is 1.17 bits per heavy atom. The Morgan fingerprint density at radius 3 is 2.70 bits per heavy atom. The van der Waals surface area contributed by atoms with Crippen LogP contribution in [0, 0.1) is 12.3 Å². The van der Waals surface area contributed by atoms with E-state index >= 15 is 0 Å². The fourth-order valence-electron chi connectivity index (χ4n) is 5.23. The second kappa shape index (κ2) is 6.88. The number of benzene rings is 2. The van der Waals surface area contributed by atoms with Crippen molar-refractivity contribution in [1.82, 2.24) is 10.3 Å². The summed E-state index contributed by atoms with van der Waals surface area (Å²) in [7, 11) is 0. The number of rotatable bonds is 7. The first-order chi connectivity index (χ1) is 14.4. The number of nitrogens with one attached hydrogen (secondary N) is 2. The summed E-state index contributed by atoms with van der Waals surface area (Å²) in [5, 5.41) is 4.82. The van der Waals surface area contributed by atoms with Crippen molar-refractivity contribution in [3.8, 4) is 5.75 Å². The summed E-state index contributed by atoms with van der Waals surface area (Å²) in [5.41, 5.74) is 2.44. The molecule has 5 nitrogen and oxygen atoms in total. The number of aromatic amines is 1. The molecule has 3 aliphatic rings. The molecule has 0 radical (unpaired) electrons. The molecule has 3 fully saturated rings. The molecule has 3 aliphatic carbocycles. The molecule has 0 unspecified atom stereocenters. The average molecular weight is 423 g/mol. The molecule has 0 aliphatic heterocycles. The monoisotopic (exact) mass is 422 g/mol. The SMILES string of the molecule is Cc1cc(OCC(=O)CC23CC(NC(=O)c4c[nH]c5ccccc45)(C2)C3)ccc1Cl. The molecule has 0 saturated heterocycles. The highest BCUT2D eigenvalue weighted by atomic mass is 35.5. The predicted molar refractivity (Wildman–Crippen MR) is 116 cm³/mol. The van der Waals surface area contributed by atoms with Gasteiger partial charge in [-0.2, -0.15) is 0 Å². The third-order valence-corrected chi connectivity index (χ3v) is 6.88. The molecule has 3 saturated carbocycles. The molecule has 154 valence electrons. The maximum atomic E-state index is 12.8. The largest absolute Gasteiger partial charge is 0.486 e. The smallest absolute Gasteiger partial charge is 0.253 e. The van der Waals surface area contributed by atoms with Crippen molar-refractivity contribution in [3.05, 3.63) is 64.8 Å². The lowest BCUT2D eigenvalue weighted by molar-refractivity contribution is -0.162. The van der Waals surface area contributed by atoms with E-state index in [1.165, 1.54) is 0 Å². The van der Waals surface area contributed by atoms with Gasteiger partial charge in [-0.3, -0.25) is 9.59 Å². The van der Waals surface area contributed by atoms with Gasteiger partial charge in [-0.1, -0.05) is 29.8 Å². The van der Waals surface area contributed by atoms with Crippen molar-refractivity contribution >= 4 is 34.2 Å². The minimum Gasteiger partial charge on any atom is -0.486 e. The van der Waals surface area contributed by atoms with E-state index in [9.17, 15) is 9.59 Å². The van der Waals surface area contributed by atoms with Gasteiger partial charge in [0.2, 0.25) is 0 Å². The quantitative estimate of drug-likeness (QED) is 0.573. The van der Waals surface area contributed by atoms with E-state index in [1.807, 2.05) is 37.3 Å². The number of Topliss-reactive ketones (excluding diaryl/α,β-unsaturated/α-hetero) is 1. The van der Waals surface area contributed by atoms with E-state index in [0.29, 0.717) is 22.8 Å². The summed E-state index contributed by atoms with van der Waals surface area (Å²) in [5.74, 6) is 0.706. The van der Waals surface area contributed by atoms with Crippen LogP contribution in [-0.4, -0.2) is 28.8 Å². The van der Waals surface area contributed by atoms with Crippen molar-refractivity contribution in [2.45, 2.75) is 38.1 Å². The molecule has 1 heterocycles. The molecular formula is C24H23ClN2O3. The third-order valence-electron chi connectivity index (χ3n) is 6.45. The van der Waals surface area contributed by atoms with Crippen molar-refractivity contribution < 1.29 is 14.3 Å². The average Bonchev–Trinajstić information content (AvgIpc) is 3.10. The number of ketones is 1. The van der Waals surface area contributed by atoms with Gasteiger partial charge in [0.15, 0.2) is 5.78 Å². The van der Waals surface area contributed by atoms with Crippen molar-refractivity contribution in [3.63, 3.8) is 0 Å². The molecule has 0 atom stereocenters. The second-order valence-electron chi connectivity index (χ2n) is 8.93. The summed E-state index contributed by atoms with van der Waals surface area (Å²) in [6.07, 6.45) is 4.85. The highest BCUT2D eigenvalue weighted by Gasteiger charge is 2.68. The predicted octanol–water partition coefficient (Wildman–Crippen LogP) is 4.82. The number of amides is 1. The Morgan fingerprint density at radius 2 is 1.93 bits per heavy atom. The Bertz CT molecular complexity index is 1150. The van der Waals surface area contributed by atoms with Crippen LogP contribution in [0.5, 0.6) is 5.75 Å². The summed E-state index contributed by atoms with van der Waals surface area (Å²) >= 11 is 6.02. The number of carbonyl (C=O) groups is 2. The van der Waals surface area contributed by atoms with Crippen molar-refractivity contribution in [1.29, 1.82) is 0 Å². The Hall–Kier alpha value is -2.79. The van der Waals surface area contributed by atoms with Gasteiger partial charge in [0.1, 0.15) is 12.4 Å². The van der Waals surface area contributed by atoms with Crippen molar-refractivity contribution in [2.75, 3.05) is 6.61 Å². The number of fused-ring (bicyclic) bond motifs is 1. The molecule has 2 aromatic carbocycles. The lowest BCUT2D eigenvalue weighted by atomic mass is 9.38. The molecular weight excluding hydrogens is 400 g/mol. The lowest BCUT2D eigenvalue weighted by Gasteiger charge is -2.70. The Labute approximate surface area is 179 Å². The van der Waals surface area contributed by atoms with Crippen LogP contribution in [0.3, 0.4) is 0 Å². The molecule has 1 aromatic heterocycles. The van der Waals surface area contributed by atoms with Gasteiger partial charge in [-0.05, 0) is 61.4 Å². The molecule has 2 bridgehead atoms. The number of para-hydroxylation sites is 1. The fourth-order valence-corrected chi connectivity index (χ4v) is 5.34. The van der Waals surface area contributed by atoms with Gasteiger partial charge in [0, 0.05) is 34.1 Å². The highest BCUT2D eigenvalue weighted by molar-refractivity contribution is 6.31. The Balaban J connectivity index is 1.13. The molecule has 0 spiro atoms. The topological polar surface area (TPSA) is 71.2 Å². The summed E-state index contributed by atoms with van der Waals surface area (Å²) < 4.78 is 5.63. The zero-order valence-electron chi connectivity index (χ0n) is 16.8. The zero-order chi connectivity index (χ0) is 20.9. The third kappa shape index (κ3) is 3.27. The normalized spacial score (nSPS) is 24.1. The van der Waals surface area contributed by atoms with Crippen molar-refractivity contribution in [2.24, 2.45) is 5.41 Å². The number of hydrogen-bond donors (Lipinski definition) is 2. The van der Waals surface area contributed by atoms with Gasteiger partial charge in [-0.25, -0.2) is 0 Å². The standard InChI is InChI=1S/C24H23ClN2O3/c1-15-8-17(6-7-20(15)25)30-11-16(28)9-23-12-24(13-23,14-23)27-22(29)19-10-26-21-5-3-2-4-18(19)21/h2-8,10,26H,9,11-14H2,1H3,(H,27,29). The van der Waals surface area contributed by atoms with Crippen LogP contribution in [0.1, 0.15) is 41.6 Å². The number of aryl methyl sites for hydroxylation is 1. The van der Waals surface area contributed by atoms with Crippen LogP contribution < -0.4 is 10.1 Å². The van der Waals surface area contributed by atoms with Gasteiger partial charge < -0.3 is 15.0 Å².